The fraction of sp³-hybridized carbons (Fsp3) is 0.500. The summed E-state index contributed by atoms with van der Waals surface area (Å²) in [7, 11) is -0.892. The van der Waals surface area contributed by atoms with Crippen LogP contribution in [0, 0.1) is 5.69 Å². The molecule has 0 aliphatic carbocycles. The molecule has 0 aromatic heterocycles. The molecule has 0 radical (unpaired) electrons. The van der Waals surface area contributed by atoms with Gasteiger partial charge in [-0.25, -0.2) is 0 Å². The van der Waals surface area contributed by atoms with Crippen molar-refractivity contribution in [1.29, 1.82) is 0 Å². The zero-order valence-corrected chi connectivity index (χ0v) is 4.26. The van der Waals surface area contributed by atoms with Crippen LogP contribution in [0.15, 0.2) is 4.52 Å². The lowest BCUT2D eigenvalue weighted by atomic mass is 11.9. The average molecular weight is 103 g/mol. The van der Waals surface area contributed by atoms with Gasteiger partial charge in [0.2, 0.25) is 0 Å². The summed E-state index contributed by atoms with van der Waals surface area (Å²) in [5, 5.41) is 0. The standard InChI is InChI=1S/C2H5N3S/c1-6(2)5-4-3/h1,6H,2H3. The van der Waals surface area contributed by atoms with Crippen molar-refractivity contribution in [2.45, 2.75) is 0 Å². The summed E-state index contributed by atoms with van der Waals surface area (Å²) in [6.45, 7) is 0. The number of nitrogens with zero attached hydrogens (tertiary/aromatic N) is 3. The molecule has 6 heavy (non-hydrogen) atoms. The van der Waals surface area contributed by atoms with Crippen LogP contribution in [0.1, 0.15) is 0 Å². The van der Waals surface area contributed by atoms with Gasteiger partial charge in [0.05, 0.1) is 0 Å². The minimum Gasteiger partial charge on any atom is -0.142 e. The summed E-state index contributed by atoms with van der Waals surface area (Å²) >= 11 is 0. The molecule has 1 unspecified atom stereocenters. The predicted octanol–water partition coefficient (Wildman–Crippen LogP) is 1.43. The highest BCUT2D eigenvalue weighted by molar-refractivity contribution is 8.04. The average Bonchev–Trinajstić information content (AvgIpc) is 1.35. The second-order valence-electron chi connectivity index (χ2n) is 0.753. The van der Waals surface area contributed by atoms with Gasteiger partial charge in [-0.3, -0.25) is 0 Å². The highest BCUT2D eigenvalue weighted by Crippen LogP contribution is 1.98. The topological polar surface area (TPSA) is 48.8 Å². The number of rotatable bonds is 0. The number of thiol groups is 1. The van der Waals surface area contributed by atoms with E-state index in [-0.39, 0.29) is 0 Å². The van der Waals surface area contributed by atoms with Crippen molar-refractivity contribution in [3.8, 4) is 5.69 Å². The molecule has 0 amide bonds. The molecule has 0 aromatic carbocycles. The maximum atomic E-state index is 7.63. The molecule has 0 fully saturated rings. The monoisotopic (exact) mass is 103 g/mol. The third kappa shape index (κ3) is 3.44. The highest BCUT2D eigenvalue weighted by Gasteiger charge is 1.55. The molecule has 0 heterocycles. The van der Waals surface area contributed by atoms with Gasteiger partial charge in [0, 0.05) is 4.91 Å². The number of hydrogen-bond acceptors (Lipinski definition) is 1. The van der Waals surface area contributed by atoms with E-state index < -0.39 is 10.5 Å². The highest BCUT2D eigenvalue weighted by atomic mass is 32.2. The Morgan fingerprint density at radius 1 is 2.00 bits per heavy atom. The molecule has 0 bridgehead atoms. The molecule has 0 saturated carbocycles. The van der Waals surface area contributed by atoms with Crippen LogP contribution in [0.5, 0.6) is 0 Å². The van der Waals surface area contributed by atoms with E-state index in [1.807, 2.05) is 0 Å². The molecular weight excluding hydrogens is 98.1 g/mol. The van der Waals surface area contributed by atoms with E-state index in [0.29, 0.717) is 0 Å². The summed E-state index contributed by atoms with van der Waals surface area (Å²) in [5.41, 5.74) is 12.7. The molecule has 3 nitrogen and oxygen atoms in total. The van der Waals surface area contributed by atoms with Crippen LogP contribution in [0.3, 0.4) is 0 Å². The Hall–Kier alpha value is -0.560. The molecule has 0 spiro atoms. The molecular formula is C2H5N3S. The SMILES string of the molecule is C#[SH](C)N=[N+]=[N-]. The van der Waals surface area contributed by atoms with Crippen LogP contribution in [0.4, 0.5) is 0 Å². The Labute approximate surface area is 38.3 Å². The molecule has 1 atom stereocenters. The van der Waals surface area contributed by atoms with Crippen LogP contribution >= 0.6 is 10.5 Å². The predicted molar refractivity (Wildman–Crippen MR) is 29.0 cm³/mol. The normalized spacial score (nSPS) is 12.0. The summed E-state index contributed by atoms with van der Waals surface area (Å²) in [6, 6.07) is 0. The van der Waals surface area contributed by atoms with E-state index in [9.17, 15) is 0 Å². The molecule has 34 valence electrons. The lowest BCUT2D eigenvalue weighted by Crippen LogP contribution is -1.34. The first-order valence-corrected chi connectivity index (χ1v) is 3.12. The van der Waals surface area contributed by atoms with E-state index in [0.717, 1.165) is 0 Å². The van der Waals surface area contributed by atoms with Crippen molar-refractivity contribution in [1.82, 2.24) is 0 Å². The van der Waals surface area contributed by atoms with Crippen molar-refractivity contribution in [2.75, 3.05) is 6.26 Å². The molecule has 0 aromatic rings. The number of hydrogen-bond donors (Lipinski definition) is 1. The van der Waals surface area contributed by atoms with Crippen LogP contribution < -0.4 is 0 Å². The third-order valence-electron chi connectivity index (χ3n) is 0.181. The molecule has 0 aliphatic heterocycles. The Bertz CT molecular complexity index is 135. The van der Waals surface area contributed by atoms with Crippen LogP contribution in [-0.4, -0.2) is 6.26 Å². The maximum absolute atomic E-state index is 7.63. The van der Waals surface area contributed by atoms with Gasteiger partial charge in [-0.1, -0.05) is 0 Å². The van der Waals surface area contributed by atoms with Crippen molar-refractivity contribution >= 4 is 10.5 Å². The van der Waals surface area contributed by atoms with Gasteiger partial charge in [-0.2, -0.15) is 0 Å². The van der Waals surface area contributed by atoms with E-state index in [1.165, 1.54) is 0 Å². The van der Waals surface area contributed by atoms with Crippen molar-refractivity contribution in [3.63, 3.8) is 0 Å². The van der Waals surface area contributed by atoms with Crippen molar-refractivity contribution in [3.05, 3.63) is 10.4 Å². The van der Waals surface area contributed by atoms with Crippen LogP contribution in [-0.2, 0) is 0 Å². The second kappa shape index (κ2) is 2.67. The molecule has 0 N–H and O–H groups in total. The second-order valence-corrected chi connectivity index (χ2v) is 2.08. The van der Waals surface area contributed by atoms with Gasteiger partial charge >= 0.3 is 0 Å². The van der Waals surface area contributed by atoms with Crippen LogP contribution in [0.25, 0.3) is 10.4 Å². The van der Waals surface area contributed by atoms with Crippen molar-refractivity contribution in [2.24, 2.45) is 4.52 Å². The Balaban J connectivity index is 3.73. The van der Waals surface area contributed by atoms with Crippen molar-refractivity contribution < 1.29 is 0 Å². The van der Waals surface area contributed by atoms with Gasteiger partial charge < -0.3 is 0 Å². The Kier molecular flexibility index (Phi) is 2.42. The Morgan fingerprint density at radius 3 is 2.50 bits per heavy atom. The fourth-order valence-corrected chi connectivity index (χ4v) is 0.189. The van der Waals surface area contributed by atoms with E-state index in [2.05, 4.69) is 9.43 Å². The van der Waals surface area contributed by atoms with Gasteiger partial charge in [0.1, 0.15) is 0 Å². The summed E-state index contributed by atoms with van der Waals surface area (Å²) < 4.78 is 3.15. The summed E-state index contributed by atoms with van der Waals surface area (Å²) in [5.74, 6) is 0. The summed E-state index contributed by atoms with van der Waals surface area (Å²) in [4.78, 5) is 2.46. The van der Waals surface area contributed by atoms with E-state index in [1.54, 1.807) is 6.26 Å². The quantitative estimate of drug-likeness (QED) is 0.209. The fourth-order valence-electron chi connectivity index (χ4n) is 0.0631. The maximum Gasteiger partial charge on any atom is 0.00993 e. The first-order valence-electron chi connectivity index (χ1n) is 1.31. The largest absolute Gasteiger partial charge is 0.142 e. The van der Waals surface area contributed by atoms with Gasteiger partial charge in [-0.05, 0) is 16.3 Å². The van der Waals surface area contributed by atoms with E-state index in [4.69, 9.17) is 11.2 Å². The van der Waals surface area contributed by atoms with Gasteiger partial charge in [-0.15, -0.1) is 16.2 Å². The van der Waals surface area contributed by atoms with Crippen LogP contribution in [0.2, 0.25) is 0 Å². The molecule has 0 aliphatic rings. The smallest absolute Gasteiger partial charge is 0.00993 e. The molecule has 4 heteroatoms. The summed E-state index contributed by atoms with van der Waals surface area (Å²) in [6.07, 6.45) is 1.68. The first-order chi connectivity index (χ1) is 2.77. The zero-order chi connectivity index (χ0) is 4.99. The van der Waals surface area contributed by atoms with E-state index >= 15 is 0 Å². The molecule has 0 saturated heterocycles. The van der Waals surface area contributed by atoms with Gasteiger partial charge in [0.25, 0.3) is 0 Å². The lowest BCUT2D eigenvalue weighted by Gasteiger charge is -1.70. The first kappa shape index (κ1) is 5.44. The lowest BCUT2D eigenvalue weighted by molar-refractivity contribution is 1.80. The molecule has 0 rings (SSSR count). The minimum absolute atomic E-state index is 0.892. The Morgan fingerprint density at radius 2 is 2.50 bits per heavy atom. The number of azide groups is 1. The third-order valence-corrected chi connectivity index (χ3v) is 0.543. The van der Waals surface area contributed by atoms with Gasteiger partial charge in [0.15, 0.2) is 0 Å². The zero-order valence-electron chi connectivity index (χ0n) is 3.37. The minimum atomic E-state index is -0.892.